The van der Waals surface area contributed by atoms with Crippen LogP contribution in [0.5, 0.6) is 0 Å². The molecule has 0 unspecified atom stereocenters. The molecule has 2 aromatic carbocycles. The maximum atomic E-state index is 12.3. The highest BCUT2D eigenvalue weighted by molar-refractivity contribution is 7.10. The van der Waals surface area contributed by atoms with Gasteiger partial charge < -0.3 is 10.6 Å². The molecular formula is C22H25N2OS+. The summed E-state index contributed by atoms with van der Waals surface area (Å²) in [5.41, 5.74) is 2.47. The molecule has 0 aliphatic carbocycles. The molecule has 134 valence electrons. The Morgan fingerprint density at radius 2 is 1.62 bits per heavy atom. The van der Waals surface area contributed by atoms with E-state index in [1.54, 1.807) is 11.3 Å². The first kappa shape index (κ1) is 18.4. The molecule has 26 heavy (non-hydrogen) atoms. The summed E-state index contributed by atoms with van der Waals surface area (Å²) in [6.45, 7) is 3.21. The fourth-order valence-corrected chi connectivity index (χ4v) is 3.86. The van der Waals surface area contributed by atoms with Crippen LogP contribution in [0, 0.1) is 0 Å². The van der Waals surface area contributed by atoms with E-state index < -0.39 is 0 Å². The first-order valence-corrected chi connectivity index (χ1v) is 9.85. The van der Waals surface area contributed by atoms with Gasteiger partial charge in [-0.2, -0.15) is 0 Å². The summed E-state index contributed by atoms with van der Waals surface area (Å²) in [6, 6.07) is 25.0. The van der Waals surface area contributed by atoms with Crippen molar-refractivity contribution in [3.63, 3.8) is 0 Å². The minimum Gasteiger partial charge on any atom is -0.351 e. The molecule has 0 spiro atoms. The van der Waals surface area contributed by atoms with E-state index in [4.69, 9.17) is 0 Å². The van der Waals surface area contributed by atoms with Crippen LogP contribution >= 0.6 is 11.3 Å². The van der Waals surface area contributed by atoms with E-state index in [1.807, 2.05) is 36.4 Å². The number of carbonyl (C=O) groups is 1. The quantitative estimate of drug-likeness (QED) is 0.632. The highest BCUT2D eigenvalue weighted by Crippen LogP contribution is 2.22. The first-order valence-electron chi connectivity index (χ1n) is 8.97. The lowest BCUT2D eigenvalue weighted by Gasteiger charge is -2.16. The van der Waals surface area contributed by atoms with Crippen LogP contribution < -0.4 is 10.6 Å². The molecule has 1 aromatic heterocycles. The molecule has 0 aliphatic heterocycles. The van der Waals surface area contributed by atoms with Crippen molar-refractivity contribution >= 4 is 17.2 Å². The van der Waals surface area contributed by atoms with Crippen molar-refractivity contribution in [2.45, 2.75) is 18.9 Å². The fraction of sp³-hybridized carbons (Fsp3) is 0.227. The Morgan fingerprint density at radius 1 is 0.962 bits per heavy atom. The Bertz CT molecular complexity index is 788. The number of benzene rings is 2. The molecule has 3 rings (SSSR count). The standard InChI is InChI=1S/C22H24N2OS/c1-17(18-9-4-2-5-10-18)15-23-21(25)16-24-22(20-13-8-14-26-20)19-11-6-3-7-12-19/h2-14,17,22,24H,15-16H2,1H3,(H,23,25)/p+1/t17-,22+/m1/s1. The molecular weight excluding hydrogens is 340 g/mol. The van der Waals surface area contributed by atoms with Crippen LogP contribution in [0.25, 0.3) is 0 Å². The third-order valence-corrected chi connectivity index (χ3v) is 5.48. The van der Waals surface area contributed by atoms with E-state index in [0.29, 0.717) is 19.0 Å². The zero-order valence-corrected chi connectivity index (χ0v) is 15.8. The second kappa shape index (κ2) is 9.32. The highest BCUT2D eigenvalue weighted by atomic mass is 32.1. The third-order valence-electron chi connectivity index (χ3n) is 4.52. The second-order valence-electron chi connectivity index (χ2n) is 6.46. The number of quaternary nitrogens is 1. The van der Waals surface area contributed by atoms with E-state index in [-0.39, 0.29) is 11.9 Å². The van der Waals surface area contributed by atoms with Crippen LogP contribution in [-0.4, -0.2) is 19.0 Å². The van der Waals surface area contributed by atoms with Gasteiger partial charge in [-0.15, -0.1) is 11.3 Å². The molecule has 0 fully saturated rings. The van der Waals surface area contributed by atoms with Crippen LogP contribution in [0.2, 0.25) is 0 Å². The van der Waals surface area contributed by atoms with Gasteiger partial charge in [0.25, 0.3) is 5.91 Å². The number of amides is 1. The normalized spacial score (nSPS) is 13.1. The average molecular weight is 366 g/mol. The number of nitrogens with one attached hydrogen (secondary N) is 1. The Morgan fingerprint density at radius 3 is 2.23 bits per heavy atom. The number of thiophene rings is 1. The van der Waals surface area contributed by atoms with Gasteiger partial charge >= 0.3 is 0 Å². The second-order valence-corrected chi connectivity index (χ2v) is 7.44. The molecule has 0 saturated heterocycles. The smallest absolute Gasteiger partial charge is 0.275 e. The molecule has 3 aromatic rings. The van der Waals surface area contributed by atoms with E-state index in [1.165, 1.54) is 16.0 Å². The largest absolute Gasteiger partial charge is 0.351 e. The van der Waals surface area contributed by atoms with Gasteiger partial charge in [0, 0.05) is 12.1 Å². The Labute approximate surface area is 159 Å². The fourth-order valence-electron chi connectivity index (χ4n) is 3.01. The zero-order valence-electron chi connectivity index (χ0n) is 15.0. The molecule has 0 aliphatic rings. The van der Waals surface area contributed by atoms with Crippen LogP contribution in [0.3, 0.4) is 0 Å². The van der Waals surface area contributed by atoms with Crippen LogP contribution in [0.4, 0.5) is 0 Å². The van der Waals surface area contributed by atoms with Gasteiger partial charge in [0.05, 0.1) is 4.88 Å². The monoisotopic (exact) mass is 365 g/mol. The number of nitrogens with two attached hydrogens (primary N) is 1. The molecule has 1 heterocycles. The molecule has 3 N–H and O–H groups in total. The van der Waals surface area contributed by atoms with Crippen LogP contribution in [-0.2, 0) is 4.79 Å². The van der Waals surface area contributed by atoms with Crippen molar-refractivity contribution in [1.29, 1.82) is 0 Å². The summed E-state index contributed by atoms with van der Waals surface area (Å²) >= 11 is 1.73. The lowest BCUT2D eigenvalue weighted by molar-refractivity contribution is -0.676. The molecule has 0 radical (unpaired) electrons. The van der Waals surface area contributed by atoms with Crippen molar-refractivity contribution < 1.29 is 10.1 Å². The van der Waals surface area contributed by atoms with Gasteiger partial charge in [0.15, 0.2) is 6.54 Å². The Balaban J connectivity index is 1.55. The van der Waals surface area contributed by atoms with E-state index in [2.05, 4.69) is 59.3 Å². The summed E-state index contributed by atoms with van der Waals surface area (Å²) in [4.78, 5) is 13.6. The maximum Gasteiger partial charge on any atom is 0.275 e. The molecule has 1 amide bonds. The van der Waals surface area contributed by atoms with Crippen LogP contribution in [0.1, 0.15) is 34.9 Å². The molecule has 0 saturated carbocycles. The molecule has 4 heteroatoms. The van der Waals surface area contributed by atoms with E-state index >= 15 is 0 Å². The van der Waals surface area contributed by atoms with Gasteiger partial charge in [0.1, 0.15) is 6.04 Å². The molecule has 0 bridgehead atoms. The predicted octanol–water partition coefficient (Wildman–Crippen LogP) is 3.32. The van der Waals surface area contributed by atoms with Gasteiger partial charge in [0.2, 0.25) is 0 Å². The minimum atomic E-state index is 0.0743. The van der Waals surface area contributed by atoms with Gasteiger partial charge in [-0.25, -0.2) is 0 Å². The number of hydrogen-bond donors (Lipinski definition) is 2. The summed E-state index contributed by atoms with van der Waals surface area (Å²) in [7, 11) is 0. The summed E-state index contributed by atoms with van der Waals surface area (Å²) in [6.07, 6.45) is 0. The summed E-state index contributed by atoms with van der Waals surface area (Å²) in [5, 5.41) is 7.27. The topological polar surface area (TPSA) is 45.7 Å². The van der Waals surface area contributed by atoms with E-state index in [0.717, 1.165) is 0 Å². The summed E-state index contributed by atoms with van der Waals surface area (Å²) < 4.78 is 0. The lowest BCUT2D eigenvalue weighted by atomic mass is 10.0. The van der Waals surface area contributed by atoms with Crippen LogP contribution in [0.15, 0.2) is 78.2 Å². The first-order chi connectivity index (χ1) is 12.7. The maximum absolute atomic E-state index is 12.3. The SMILES string of the molecule is C[C@H](CNC(=O)C[NH2+][C@@H](c1ccccc1)c1cccs1)c1ccccc1. The van der Waals surface area contributed by atoms with Crippen molar-refractivity contribution in [2.75, 3.05) is 13.1 Å². The molecule has 2 atom stereocenters. The molecule has 3 nitrogen and oxygen atoms in total. The van der Waals surface area contributed by atoms with Gasteiger partial charge in [-0.3, -0.25) is 4.79 Å². The van der Waals surface area contributed by atoms with Crippen molar-refractivity contribution in [1.82, 2.24) is 5.32 Å². The van der Waals surface area contributed by atoms with Crippen molar-refractivity contribution in [3.8, 4) is 0 Å². The summed E-state index contributed by atoms with van der Waals surface area (Å²) in [5.74, 6) is 0.382. The number of rotatable bonds is 8. The average Bonchev–Trinajstić information content (AvgIpc) is 3.22. The van der Waals surface area contributed by atoms with Gasteiger partial charge in [-0.05, 0) is 22.9 Å². The third kappa shape index (κ3) is 5.04. The van der Waals surface area contributed by atoms with Gasteiger partial charge in [-0.1, -0.05) is 73.7 Å². The number of carbonyl (C=O) groups excluding carboxylic acids is 1. The Kier molecular flexibility index (Phi) is 6.58. The lowest BCUT2D eigenvalue weighted by Crippen LogP contribution is -2.87. The predicted molar refractivity (Wildman–Crippen MR) is 107 cm³/mol. The highest BCUT2D eigenvalue weighted by Gasteiger charge is 2.19. The van der Waals surface area contributed by atoms with Crippen molar-refractivity contribution in [3.05, 3.63) is 94.2 Å². The minimum absolute atomic E-state index is 0.0743. The van der Waals surface area contributed by atoms with E-state index in [9.17, 15) is 4.79 Å². The zero-order chi connectivity index (χ0) is 18.2. The number of hydrogen-bond acceptors (Lipinski definition) is 2. The Hall–Kier alpha value is -2.43. The van der Waals surface area contributed by atoms with Crippen molar-refractivity contribution in [2.24, 2.45) is 0 Å².